The number of thiazole rings is 1. The molecule has 26 heavy (non-hydrogen) atoms. The van der Waals surface area contributed by atoms with Gasteiger partial charge >= 0.3 is 5.97 Å². The van der Waals surface area contributed by atoms with E-state index in [1.165, 1.54) is 28.3 Å². The summed E-state index contributed by atoms with van der Waals surface area (Å²) in [5.74, 6) is 0.0594. The quantitative estimate of drug-likeness (QED) is 0.594. The van der Waals surface area contributed by atoms with Gasteiger partial charge in [-0.1, -0.05) is 18.3 Å². The van der Waals surface area contributed by atoms with Crippen molar-refractivity contribution in [3.05, 3.63) is 40.0 Å². The summed E-state index contributed by atoms with van der Waals surface area (Å²) < 4.78 is 19.5. The predicted octanol–water partition coefficient (Wildman–Crippen LogP) is 5.54. The third kappa shape index (κ3) is 3.21. The Morgan fingerprint density at radius 1 is 1.42 bits per heavy atom. The fourth-order valence-electron chi connectivity index (χ4n) is 3.31. The maximum atomic E-state index is 13.4. The molecule has 1 aliphatic rings. The highest BCUT2D eigenvalue weighted by Gasteiger charge is 2.28. The number of rotatable bonds is 4. The molecule has 0 fully saturated rings. The van der Waals surface area contributed by atoms with Crippen LogP contribution in [0.5, 0.6) is 0 Å². The monoisotopic (exact) mass is 390 g/mol. The molecule has 4 rings (SSSR count). The third-order valence-electron chi connectivity index (χ3n) is 4.56. The normalized spacial score (nSPS) is 16.5. The molecule has 0 saturated heterocycles. The lowest BCUT2D eigenvalue weighted by molar-refractivity contribution is 0.0526. The molecule has 1 N–H and O–H groups in total. The molecular formula is C19H19FN2O2S2. The Kier molecular flexibility index (Phi) is 4.67. The topological polar surface area (TPSA) is 51.2 Å². The SMILES string of the molecule is CCOC(=O)c1c(Nc2nc3ccc(F)cc3s2)sc2c1CCC(C)C2. The first-order chi connectivity index (χ1) is 12.5. The molecule has 1 unspecified atom stereocenters. The molecule has 0 spiro atoms. The number of fused-ring (bicyclic) bond motifs is 2. The number of benzene rings is 1. The lowest BCUT2D eigenvalue weighted by Gasteiger charge is -2.18. The molecular weight excluding hydrogens is 371 g/mol. The molecule has 4 nitrogen and oxygen atoms in total. The largest absolute Gasteiger partial charge is 0.462 e. The Labute approximate surface area is 159 Å². The van der Waals surface area contributed by atoms with Gasteiger partial charge in [0.1, 0.15) is 10.8 Å². The summed E-state index contributed by atoms with van der Waals surface area (Å²) in [5, 5.41) is 4.73. The van der Waals surface area contributed by atoms with E-state index in [0.29, 0.717) is 23.2 Å². The van der Waals surface area contributed by atoms with Crippen LogP contribution in [0.4, 0.5) is 14.5 Å². The Morgan fingerprint density at radius 2 is 2.27 bits per heavy atom. The zero-order chi connectivity index (χ0) is 18.3. The Hall–Kier alpha value is -1.99. The van der Waals surface area contributed by atoms with Crippen molar-refractivity contribution in [2.24, 2.45) is 5.92 Å². The smallest absolute Gasteiger partial charge is 0.341 e. The van der Waals surface area contributed by atoms with E-state index in [-0.39, 0.29) is 11.8 Å². The van der Waals surface area contributed by atoms with Gasteiger partial charge in [-0.15, -0.1) is 11.3 Å². The van der Waals surface area contributed by atoms with E-state index in [1.54, 1.807) is 17.4 Å². The van der Waals surface area contributed by atoms with Gasteiger partial charge in [-0.25, -0.2) is 14.2 Å². The van der Waals surface area contributed by atoms with E-state index in [2.05, 4.69) is 17.2 Å². The number of ether oxygens (including phenoxy) is 1. The van der Waals surface area contributed by atoms with Gasteiger partial charge in [0.05, 0.1) is 22.4 Å². The van der Waals surface area contributed by atoms with Gasteiger partial charge in [0.25, 0.3) is 0 Å². The molecule has 1 aliphatic carbocycles. The highest BCUT2D eigenvalue weighted by molar-refractivity contribution is 7.23. The maximum absolute atomic E-state index is 13.4. The first-order valence-corrected chi connectivity index (χ1v) is 10.3. The third-order valence-corrected chi connectivity index (χ3v) is 6.67. The minimum atomic E-state index is -0.283. The Bertz CT molecular complexity index is 979. The van der Waals surface area contributed by atoms with E-state index < -0.39 is 0 Å². The second-order valence-corrected chi connectivity index (χ2v) is 8.67. The number of esters is 1. The molecule has 0 saturated carbocycles. The molecule has 0 aliphatic heterocycles. The van der Waals surface area contributed by atoms with E-state index in [0.717, 1.165) is 40.0 Å². The number of anilines is 2. The van der Waals surface area contributed by atoms with Crippen LogP contribution >= 0.6 is 22.7 Å². The number of hydrogen-bond acceptors (Lipinski definition) is 6. The fraction of sp³-hybridized carbons (Fsp3) is 0.368. The Balaban J connectivity index is 1.73. The minimum absolute atomic E-state index is 0.277. The van der Waals surface area contributed by atoms with Crippen molar-refractivity contribution in [2.45, 2.75) is 33.1 Å². The van der Waals surface area contributed by atoms with Crippen LogP contribution in [0.1, 0.15) is 41.1 Å². The lowest BCUT2D eigenvalue weighted by atomic mass is 9.88. The zero-order valence-electron chi connectivity index (χ0n) is 14.6. The van der Waals surface area contributed by atoms with Crippen LogP contribution in [0.3, 0.4) is 0 Å². The maximum Gasteiger partial charge on any atom is 0.341 e. The van der Waals surface area contributed by atoms with Crippen molar-refractivity contribution >= 4 is 49.0 Å². The number of carbonyl (C=O) groups excluding carboxylic acids is 1. The minimum Gasteiger partial charge on any atom is -0.462 e. The second kappa shape index (κ2) is 6.96. The summed E-state index contributed by atoms with van der Waals surface area (Å²) in [7, 11) is 0. The first kappa shape index (κ1) is 17.4. The van der Waals surface area contributed by atoms with Crippen LogP contribution in [0.15, 0.2) is 18.2 Å². The van der Waals surface area contributed by atoms with Crippen molar-refractivity contribution < 1.29 is 13.9 Å². The van der Waals surface area contributed by atoms with Gasteiger partial charge in [0.2, 0.25) is 0 Å². The molecule has 2 heterocycles. The van der Waals surface area contributed by atoms with E-state index >= 15 is 0 Å². The summed E-state index contributed by atoms with van der Waals surface area (Å²) in [6, 6.07) is 4.55. The van der Waals surface area contributed by atoms with E-state index in [1.807, 2.05) is 6.92 Å². The summed E-state index contributed by atoms with van der Waals surface area (Å²) >= 11 is 2.99. The molecule has 3 aromatic rings. The van der Waals surface area contributed by atoms with Crippen LogP contribution in [0.2, 0.25) is 0 Å². The van der Waals surface area contributed by atoms with Crippen molar-refractivity contribution in [2.75, 3.05) is 11.9 Å². The zero-order valence-corrected chi connectivity index (χ0v) is 16.2. The number of thiophene rings is 1. The molecule has 2 aromatic heterocycles. The number of halogens is 1. The van der Waals surface area contributed by atoms with Crippen molar-refractivity contribution in [3.63, 3.8) is 0 Å². The average Bonchev–Trinajstić information content (AvgIpc) is 3.14. The number of aromatic nitrogens is 1. The van der Waals surface area contributed by atoms with Gasteiger partial charge in [-0.2, -0.15) is 0 Å². The number of nitrogens with one attached hydrogen (secondary N) is 1. The van der Waals surface area contributed by atoms with Crippen LogP contribution in [0, 0.1) is 11.7 Å². The summed E-state index contributed by atoms with van der Waals surface area (Å²) in [6.07, 6.45) is 2.96. The first-order valence-electron chi connectivity index (χ1n) is 8.70. The molecule has 1 aromatic carbocycles. The predicted molar refractivity (Wildman–Crippen MR) is 104 cm³/mol. The van der Waals surface area contributed by atoms with E-state index in [9.17, 15) is 9.18 Å². The van der Waals surface area contributed by atoms with Gasteiger partial charge < -0.3 is 10.1 Å². The lowest BCUT2D eigenvalue weighted by Crippen LogP contribution is -2.14. The fourth-order valence-corrected chi connectivity index (χ4v) is 5.66. The molecule has 0 radical (unpaired) electrons. The number of carbonyl (C=O) groups is 1. The average molecular weight is 391 g/mol. The Morgan fingerprint density at radius 3 is 3.08 bits per heavy atom. The summed E-state index contributed by atoms with van der Waals surface area (Å²) in [6.45, 7) is 4.40. The summed E-state index contributed by atoms with van der Waals surface area (Å²) in [4.78, 5) is 18.3. The van der Waals surface area contributed by atoms with Gasteiger partial charge in [0.15, 0.2) is 5.13 Å². The van der Waals surface area contributed by atoms with Crippen LogP contribution in [-0.2, 0) is 17.6 Å². The van der Waals surface area contributed by atoms with Crippen molar-refractivity contribution in [3.8, 4) is 0 Å². The second-order valence-electron chi connectivity index (χ2n) is 6.53. The van der Waals surface area contributed by atoms with Gasteiger partial charge in [0, 0.05) is 4.88 Å². The highest BCUT2D eigenvalue weighted by Crippen LogP contribution is 2.42. The molecule has 0 amide bonds. The van der Waals surface area contributed by atoms with Crippen LogP contribution in [0.25, 0.3) is 10.2 Å². The molecule has 0 bridgehead atoms. The number of nitrogens with zero attached hydrogens (tertiary/aromatic N) is 1. The molecule has 7 heteroatoms. The van der Waals surface area contributed by atoms with Crippen LogP contribution < -0.4 is 5.32 Å². The standard InChI is InChI=1S/C19H19FN2O2S2/c1-3-24-18(23)16-12-6-4-10(2)8-14(12)25-17(16)22-19-21-13-7-5-11(20)9-15(13)26-19/h5,7,9-10H,3-4,6,8H2,1-2H3,(H,21,22). The van der Waals surface area contributed by atoms with Gasteiger partial charge in [-0.05, 0) is 55.9 Å². The van der Waals surface area contributed by atoms with Crippen molar-refractivity contribution in [1.82, 2.24) is 4.98 Å². The van der Waals surface area contributed by atoms with E-state index in [4.69, 9.17) is 4.74 Å². The summed E-state index contributed by atoms with van der Waals surface area (Å²) in [5.41, 5.74) is 2.50. The molecule has 136 valence electrons. The van der Waals surface area contributed by atoms with Crippen LogP contribution in [-0.4, -0.2) is 17.6 Å². The van der Waals surface area contributed by atoms with Crippen molar-refractivity contribution in [1.29, 1.82) is 0 Å². The highest BCUT2D eigenvalue weighted by atomic mass is 32.1. The molecule has 1 atom stereocenters. The van der Waals surface area contributed by atoms with Gasteiger partial charge in [-0.3, -0.25) is 0 Å². The number of hydrogen-bond donors (Lipinski definition) is 1.